The van der Waals surface area contributed by atoms with Crippen LogP contribution in [0.5, 0.6) is 0 Å². The van der Waals surface area contributed by atoms with Gasteiger partial charge >= 0.3 is 0 Å². The van der Waals surface area contributed by atoms with Crippen molar-refractivity contribution >= 4 is 29.9 Å². The van der Waals surface area contributed by atoms with Crippen LogP contribution in [-0.2, 0) is 0 Å². The molecule has 1 aliphatic carbocycles. The van der Waals surface area contributed by atoms with Gasteiger partial charge < -0.3 is 10.6 Å². The van der Waals surface area contributed by atoms with E-state index in [0.717, 1.165) is 25.0 Å². The topological polar surface area (TPSA) is 39.7 Å². The van der Waals surface area contributed by atoms with Crippen LogP contribution in [0.4, 0.5) is 0 Å². The molecule has 0 aromatic heterocycles. The summed E-state index contributed by atoms with van der Waals surface area (Å²) in [7, 11) is 1.87. The number of aliphatic imine (C=N–C) groups is 1. The molecule has 2 aliphatic rings. The molecule has 0 radical (unpaired) electrons. The van der Waals surface area contributed by atoms with E-state index in [1.807, 2.05) is 7.05 Å². The molecule has 1 aliphatic heterocycles. The molecule has 1 heterocycles. The second kappa shape index (κ2) is 7.49. The highest BCUT2D eigenvalue weighted by atomic mass is 127. The molecule has 3 atom stereocenters. The lowest BCUT2D eigenvalue weighted by Gasteiger charge is -2.22. The van der Waals surface area contributed by atoms with E-state index < -0.39 is 0 Å². The van der Waals surface area contributed by atoms with E-state index in [2.05, 4.69) is 55.1 Å². The number of halogens is 1. The molecule has 2 rings (SSSR count). The summed E-state index contributed by atoms with van der Waals surface area (Å²) in [4.78, 5) is 6.92. The van der Waals surface area contributed by atoms with Crippen molar-refractivity contribution < 1.29 is 0 Å². The Bertz CT molecular complexity index is 367. The van der Waals surface area contributed by atoms with Crippen molar-refractivity contribution in [3.63, 3.8) is 0 Å². The zero-order chi connectivity index (χ0) is 14.9. The van der Waals surface area contributed by atoms with Crippen LogP contribution >= 0.6 is 24.0 Å². The maximum atomic E-state index is 4.38. The zero-order valence-corrected chi connectivity index (χ0v) is 16.8. The number of guanidine groups is 1. The first-order valence-electron chi connectivity index (χ1n) is 8.04. The standard InChI is InChI=1S/C16H32N4.HI/c1-11(2)20-9-12(3)14(10-20)19-15(17-6)18-8-13-7-16(13,4)5;/h11-14H,7-10H2,1-6H3,(H2,17,18,19);1H. The first-order chi connectivity index (χ1) is 9.33. The molecule has 2 fully saturated rings. The SMILES string of the molecule is CN=C(NCC1CC1(C)C)NC1CN(C(C)C)CC1C.I. The summed E-state index contributed by atoms with van der Waals surface area (Å²) in [5, 5.41) is 7.11. The van der Waals surface area contributed by atoms with Crippen LogP contribution in [0.3, 0.4) is 0 Å². The van der Waals surface area contributed by atoms with Gasteiger partial charge in [-0.05, 0) is 37.5 Å². The highest BCUT2D eigenvalue weighted by Crippen LogP contribution is 2.50. The monoisotopic (exact) mass is 408 g/mol. The van der Waals surface area contributed by atoms with Crippen molar-refractivity contribution in [2.75, 3.05) is 26.7 Å². The van der Waals surface area contributed by atoms with E-state index in [1.54, 1.807) is 0 Å². The Morgan fingerprint density at radius 3 is 2.38 bits per heavy atom. The van der Waals surface area contributed by atoms with Gasteiger partial charge in [0.1, 0.15) is 0 Å². The van der Waals surface area contributed by atoms with Crippen LogP contribution in [0, 0.1) is 17.3 Å². The largest absolute Gasteiger partial charge is 0.356 e. The first kappa shape index (κ1) is 19.0. The van der Waals surface area contributed by atoms with Gasteiger partial charge in [0.25, 0.3) is 0 Å². The highest BCUT2D eigenvalue weighted by Gasteiger charge is 2.45. The van der Waals surface area contributed by atoms with E-state index >= 15 is 0 Å². The summed E-state index contributed by atoms with van der Waals surface area (Å²) in [6.45, 7) is 14.9. The average Bonchev–Trinajstić information content (AvgIpc) is 2.80. The van der Waals surface area contributed by atoms with Crippen LogP contribution < -0.4 is 10.6 Å². The van der Waals surface area contributed by atoms with Gasteiger partial charge in [-0.3, -0.25) is 9.89 Å². The molecule has 21 heavy (non-hydrogen) atoms. The molecule has 4 nitrogen and oxygen atoms in total. The van der Waals surface area contributed by atoms with Gasteiger partial charge in [-0.2, -0.15) is 0 Å². The van der Waals surface area contributed by atoms with Crippen molar-refractivity contribution in [2.45, 2.75) is 53.1 Å². The molecule has 0 spiro atoms. The number of nitrogens with one attached hydrogen (secondary N) is 2. The Labute approximate surface area is 147 Å². The molecule has 1 saturated heterocycles. The van der Waals surface area contributed by atoms with E-state index in [4.69, 9.17) is 0 Å². The van der Waals surface area contributed by atoms with Crippen molar-refractivity contribution in [1.82, 2.24) is 15.5 Å². The number of nitrogens with zero attached hydrogens (tertiary/aromatic N) is 2. The van der Waals surface area contributed by atoms with Crippen molar-refractivity contribution in [1.29, 1.82) is 0 Å². The molecule has 0 aromatic carbocycles. The lowest BCUT2D eigenvalue weighted by atomic mass is 10.1. The Balaban J connectivity index is 0.00000220. The summed E-state index contributed by atoms with van der Waals surface area (Å²) >= 11 is 0. The number of rotatable bonds is 4. The molecule has 1 saturated carbocycles. The molecule has 124 valence electrons. The third-order valence-electron chi connectivity index (χ3n) is 5.15. The Hall–Kier alpha value is -0.0400. The van der Waals surface area contributed by atoms with Gasteiger partial charge in [-0.1, -0.05) is 20.8 Å². The molecule has 2 N–H and O–H groups in total. The van der Waals surface area contributed by atoms with Gasteiger partial charge in [0.2, 0.25) is 0 Å². The van der Waals surface area contributed by atoms with Gasteiger partial charge in [0.15, 0.2) is 5.96 Å². The Kier molecular flexibility index (Phi) is 6.78. The third kappa shape index (κ3) is 4.98. The van der Waals surface area contributed by atoms with E-state index in [0.29, 0.717) is 23.4 Å². The maximum absolute atomic E-state index is 4.38. The van der Waals surface area contributed by atoms with E-state index in [9.17, 15) is 0 Å². The first-order valence-corrected chi connectivity index (χ1v) is 8.04. The average molecular weight is 408 g/mol. The minimum absolute atomic E-state index is 0. The summed E-state index contributed by atoms with van der Waals surface area (Å²) in [5.74, 6) is 2.44. The molecular weight excluding hydrogens is 375 g/mol. The Morgan fingerprint density at radius 1 is 1.33 bits per heavy atom. The van der Waals surface area contributed by atoms with Crippen molar-refractivity contribution in [3.8, 4) is 0 Å². The smallest absolute Gasteiger partial charge is 0.191 e. The molecule has 5 heteroatoms. The van der Waals surface area contributed by atoms with Gasteiger partial charge in [-0.25, -0.2) is 0 Å². The highest BCUT2D eigenvalue weighted by molar-refractivity contribution is 14.0. The van der Waals surface area contributed by atoms with Crippen LogP contribution in [0.1, 0.15) is 41.0 Å². The van der Waals surface area contributed by atoms with Crippen LogP contribution in [0.2, 0.25) is 0 Å². The summed E-state index contributed by atoms with van der Waals surface area (Å²) in [5.41, 5.74) is 0.529. The fraction of sp³-hybridized carbons (Fsp3) is 0.938. The van der Waals surface area contributed by atoms with Crippen LogP contribution in [0.15, 0.2) is 4.99 Å². The van der Waals surface area contributed by atoms with E-state index in [1.165, 1.54) is 13.0 Å². The fourth-order valence-corrected chi connectivity index (χ4v) is 3.13. The predicted octanol–water partition coefficient (Wildman–Crippen LogP) is 2.54. The zero-order valence-electron chi connectivity index (χ0n) is 14.4. The predicted molar refractivity (Wildman–Crippen MR) is 101 cm³/mol. The minimum Gasteiger partial charge on any atom is -0.356 e. The minimum atomic E-state index is 0. The summed E-state index contributed by atoms with van der Waals surface area (Å²) in [6.07, 6.45) is 1.33. The molecular formula is C16H33IN4. The number of hydrogen-bond donors (Lipinski definition) is 2. The van der Waals surface area contributed by atoms with Crippen LogP contribution in [0.25, 0.3) is 0 Å². The molecule has 3 unspecified atom stereocenters. The van der Waals surface area contributed by atoms with Crippen LogP contribution in [-0.4, -0.2) is 49.6 Å². The van der Waals surface area contributed by atoms with Gasteiger partial charge in [0, 0.05) is 38.8 Å². The normalized spacial score (nSPS) is 32.0. The van der Waals surface area contributed by atoms with Crippen molar-refractivity contribution in [3.05, 3.63) is 0 Å². The summed E-state index contributed by atoms with van der Waals surface area (Å²) < 4.78 is 0. The lowest BCUT2D eigenvalue weighted by molar-refractivity contribution is 0.265. The lowest BCUT2D eigenvalue weighted by Crippen LogP contribution is -2.47. The van der Waals surface area contributed by atoms with Crippen molar-refractivity contribution in [2.24, 2.45) is 22.2 Å². The maximum Gasteiger partial charge on any atom is 0.191 e. The fourth-order valence-electron chi connectivity index (χ4n) is 3.13. The number of hydrogen-bond acceptors (Lipinski definition) is 2. The Morgan fingerprint density at radius 2 is 1.95 bits per heavy atom. The number of likely N-dealkylation sites (tertiary alicyclic amines) is 1. The summed E-state index contributed by atoms with van der Waals surface area (Å²) in [6, 6.07) is 1.14. The third-order valence-corrected chi connectivity index (χ3v) is 5.15. The second-order valence-electron chi connectivity index (χ2n) is 7.62. The quantitative estimate of drug-likeness (QED) is 0.427. The van der Waals surface area contributed by atoms with Gasteiger partial charge in [0.05, 0.1) is 0 Å². The molecule has 0 aromatic rings. The van der Waals surface area contributed by atoms with E-state index in [-0.39, 0.29) is 24.0 Å². The van der Waals surface area contributed by atoms with Gasteiger partial charge in [-0.15, -0.1) is 24.0 Å². The second-order valence-corrected chi connectivity index (χ2v) is 7.62. The molecule has 0 bridgehead atoms. The molecule has 0 amide bonds.